The highest BCUT2D eigenvalue weighted by Crippen LogP contribution is 2.25. The highest BCUT2D eigenvalue weighted by atomic mass is 79.9. The molecule has 3 rings (SSSR count). The summed E-state index contributed by atoms with van der Waals surface area (Å²) in [5.74, 6) is -1.76. The van der Waals surface area contributed by atoms with Gasteiger partial charge in [0.15, 0.2) is 11.6 Å². The third-order valence-electron chi connectivity index (χ3n) is 4.44. The van der Waals surface area contributed by atoms with E-state index in [1.807, 2.05) is 19.1 Å². The monoisotopic (exact) mass is 419 g/mol. The lowest BCUT2D eigenvalue weighted by Gasteiger charge is -2.31. The minimum Gasteiger partial charge on any atom is -0.423 e. The summed E-state index contributed by atoms with van der Waals surface area (Å²) >= 11 is 3.16. The molecule has 1 heterocycles. The van der Waals surface area contributed by atoms with Crippen molar-refractivity contribution in [3.63, 3.8) is 0 Å². The second-order valence-electron chi connectivity index (χ2n) is 6.45. The van der Waals surface area contributed by atoms with Gasteiger partial charge in [0.25, 0.3) is 5.91 Å². The molecule has 1 aliphatic heterocycles. The average molecular weight is 420 g/mol. The molecular weight excluding hydrogens is 401 g/mol. The summed E-state index contributed by atoms with van der Waals surface area (Å²) in [6.45, 7) is 2.84. The lowest BCUT2D eigenvalue weighted by Crippen LogP contribution is -2.43. The molecular formula is C20H19BrFNO3. The summed E-state index contributed by atoms with van der Waals surface area (Å²) in [6.07, 6.45) is 1.33. The van der Waals surface area contributed by atoms with E-state index in [0.29, 0.717) is 29.4 Å². The van der Waals surface area contributed by atoms with Gasteiger partial charge in [0.05, 0.1) is 5.92 Å². The van der Waals surface area contributed by atoms with Crippen LogP contribution in [0.2, 0.25) is 0 Å². The Hall–Kier alpha value is -2.21. The van der Waals surface area contributed by atoms with Gasteiger partial charge in [-0.1, -0.05) is 33.6 Å². The standard InChI is InChI=1S/C20H19BrFNO3/c1-13-4-6-14(7-5-13)19(24)23-10-2-3-15(12-23)20(25)26-18-9-8-16(21)11-17(18)22/h4-9,11,15H,2-3,10,12H2,1H3. The Labute approximate surface area is 160 Å². The molecule has 0 N–H and O–H groups in total. The summed E-state index contributed by atoms with van der Waals surface area (Å²) < 4.78 is 19.7. The van der Waals surface area contributed by atoms with Crippen molar-refractivity contribution in [2.75, 3.05) is 13.1 Å². The van der Waals surface area contributed by atoms with Crippen molar-refractivity contribution in [1.82, 2.24) is 4.90 Å². The molecule has 0 aliphatic carbocycles. The third kappa shape index (κ3) is 4.30. The van der Waals surface area contributed by atoms with Crippen molar-refractivity contribution in [3.8, 4) is 5.75 Å². The number of amides is 1. The molecule has 6 heteroatoms. The summed E-state index contributed by atoms with van der Waals surface area (Å²) in [5, 5.41) is 0. The van der Waals surface area contributed by atoms with Gasteiger partial charge in [-0.2, -0.15) is 0 Å². The maximum Gasteiger partial charge on any atom is 0.316 e. The van der Waals surface area contributed by atoms with Crippen LogP contribution < -0.4 is 4.74 Å². The average Bonchev–Trinajstić information content (AvgIpc) is 2.64. The number of esters is 1. The first-order chi connectivity index (χ1) is 12.4. The Morgan fingerprint density at radius 2 is 1.92 bits per heavy atom. The van der Waals surface area contributed by atoms with Crippen LogP contribution in [0, 0.1) is 18.7 Å². The number of carbonyl (C=O) groups is 2. The summed E-state index contributed by atoms with van der Waals surface area (Å²) in [6, 6.07) is 11.6. The van der Waals surface area contributed by atoms with E-state index in [0.717, 1.165) is 5.56 Å². The van der Waals surface area contributed by atoms with Gasteiger partial charge in [-0.25, -0.2) is 4.39 Å². The molecule has 0 bridgehead atoms. The van der Waals surface area contributed by atoms with Crippen molar-refractivity contribution in [2.45, 2.75) is 19.8 Å². The van der Waals surface area contributed by atoms with E-state index in [2.05, 4.69) is 15.9 Å². The molecule has 1 aliphatic rings. The molecule has 4 nitrogen and oxygen atoms in total. The molecule has 0 spiro atoms. The highest BCUT2D eigenvalue weighted by molar-refractivity contribution is 9.10. The van der Waals surface area contributed by atoms with Gasteiger partial charge in [-0.15, -0.1) is 0 Å². The number of likely N-dealkylation sites (tertiary alicyclic amines) is 1. The number of hydrogen-bond acceptors (Lipinski definition) is 3. The number of carbonyl (C=O) groups excluding carboxylic acids is 2. The fourth-order valence-corrected chi connectivity index (χ4v) is 3.32. The number of nitrogens with zero attached hydrogens (tertiary/aromatic N) is 1. The molecule has 26 heavy (non-hydrogen) atoms. The summed E-state index contributed by atoms with van der Waals surface area (Å²) in [4.78, 5) is 26.7. The van der Waals surface area contributed by atoms with Crippen molar-refractivity contribution >= 4 is 27.8 Å². The quantitative estimate of drug-likeness (QED) is 0.548. The van der Waals surface area contributed by atoms with Gasteiger partial charge in [-0.05, 0) is 50.1 Å². The van der Waals surface area contributed by atoms with Gasteiger partial charge < -0.3 is 9.64 Å². The Morgan fingerprint density at radius 3 is 2.62 bits per heavy atom. The molecule has 2 aromatic rings. The first-order valence-electron chi connectivity index (χ1n) is 8.47. The van der Waals surface area contributed by atoms with E-state index in [9.17, 15) is 14.0 Å². The van der Waals surface area contributed by atoms with E-state index in [-0.39, 0.29) is 18.2 Å². The predicted molar refractivity (Wildman–Crippen MR) is 99.5 cm³/mol. The van der Waals surface area contributed by atoms with Gasteiger partial charge >= 0.3 is 5.97 Å². The second-order valence-corrected chi connectivity index (χ2v) is 7.37. The second kappa shape index (κ2) is 7.99. The van der Waals surface area contributed by atoms with Crippen molar-refractivity contribution in [3.05, 3.63) is 63.9 Å². The Balaban J connectivity index is 1.66. The van der Waals surface area contributed by atoms with Gasteiger partial charge in [0.1, 0.15) is 0 Å². The first-order valence-corrected chi connectivity index (χ1v) is 9.26. The molecule has 0 radical (unpaired) electrons. The minimum absolute atomic E-state index is 0.0971. The summed E-state index contributed by atoms with van der Waals surface area (Å²) in [7, 11) is 0. The van der Waals surface area contributed by atoms with Crippen LogP contribution in [0.1, 0.15) is 28.8 Å². The largest absolute Gasteiger partial charge is 0.423 e. The Morgan fingerprint density at radius 1 is 1.19 bits per heavy atom. The van der Waals surface area contributed by atoms with E-state index in [1.165, 1.54) is 12.1 Å². The van der Waals surface area contributed by atoms with Crippen molar-refractivity contribution in [1.29, 1.82) is 0 Å². The molecule has 1 amide bonds. The number of aryl methyl sites for hydroxylation is 1. The number of piperidine rings is 1. The number of hydrogen-bond donors (Lipinski definition) is 0. The molecule has 0 saturated carbocycles. The Bertz CT molecular complexity index is 822. The fourth-order valence-electron chi connectivity index (χ4n) is 2.98. The first kappa shape index (κ1) is 18.6. The third-order valence-corrected chi connectivity index (χ3v) is 4.94. The maximum absolute atomic E-state index is 13.9. The lowest BCUT2D eigenvalue weighted by molar-refractivity contribution is -0.140. The normalized spacial score (nSPS) is 17.0. The van der Waals surface area contributed by atoms with E-state index < -0.39 is 17.7 Å². The van der Waals surface area contributed by atoms with Crippen LogP contribution >= 0.6 is 15.9 Å². The molecule has 1 saturated heterocycles. The maximum atomic E-state index is 13.9. The number of ether oxygens (including phenoxy) is 1. The molecule has 1 unspecified atom stereocenters. The fraction of sp³-hybridized carbons (Fsp3) is 0.300. The van der Waals surface area contributed by atoms with Crippen molar-refractivity contribution < 1.29 is 18.7 Å². The van der Waals surface area contributed by atoms with Crippen LogP contribution in [-0.4, -0.2) is 29.9 Å². The topological polar surface area (TPSA) is 46.6 Å². The van der Waals surface area contributed by atoms with Crippen molar-refractivity contribution in [2.24, 2.45) is 5.92 Å². The molecule has 136 valence electrons. The SMILES string of the molecule is Cc1ccc(C(=O)N2CCCC(C(=O)Oc3ccc(Br)cc3F)C2)cc1. The zero-order chi connectivity index (χ0) is 18.7. The van der Waals surface area contributed by atoms with Gasteiger partial charge in [0.2, 0.25) is 0 Å². The zero-order valence-electron chi connectivity index (χ0n) is 14.4. The zero-order valence-corrected chi connectivity index (χ0v) is 16.0. The van der Waals surface area contributed by atoms with E-state index >= 15 is 0 Å². The van der Waals surface area contributed by atoms with Crippen LogP contribution in [0.3, 0.4) is 0 Å². The molecule has 1 fully saturated rings. The van der Waals surface area contributed by atoms with Crippen LogP contribution in [0.25, 0.3) is 0 Å². The van der Waals surface area contributed by atoms with Gasteiger partial charge in [-0.3, -0.25) is 9.59 Å². The van der Waals surface area contributed by atoms with Crippen LogP contribution in [-0.2, 0) is 4.79 Å². The van der Waals surface area contributed by atoms with Crippen LogP contribution in [0.4, 0.5) is 4.39 Å². The minimum atomic E-state index is -0.601. The van der Waals surface area contributed by atoms with Crippen LogP contribution in [0.5, 0.6) is 5.75 Å². The lowest BCUT2D eigenvalue weighted by atomic mass is 9.97. The highest BCUT2D eigenvalue weighted by Gasteiger charge is 2.30. The van der Waals surface area contributed by atoms with E-state index in [1.54, 1.807) is 23.1 Å². The van der Waals surface area contributed by atoms with Crippen LogP contribution in [0.15, 0.2) is 46.9 Å². The van der Waals surface area contributed by atoms with E-state index in [4.69, 9.17) is 4.74 Å². The molecule has 2 aromatic carbocycles. The van der Waals surface area contributed by atoms with Gasteiger partial charge in [0, 0.05) is 23.1 Å². The number of rotatable bonds is 3. The summed E-state index contributed by atoms with van der Waals surface area (Å²) in [5.41, 5.74) is 1.68. The molecule has 1 atom stereocenters. The number of benzene rings is 2. The molecule has 0 aromatic heterocycles. The Kier molecular flexibility index (Phi) is 5.71. The smallest absolute Gasteiger partial charge is 0.316 e. The number of halogens is 2. The predicted octanol–water partition coefficient (Wildman–Crippen LogP) is 4.35.